The first-order valence-electron chi connectivity index (χ1n) is 7.80. The SMILES string of the molecule is CC[Si](CC)(CC)CCOCCn1cc(C#N)nc1C(=O)O. The molecule has 0 saturated heterocycles. The Kier molecular flexibility index (Phi) is 7.28. The maximum Gasteiger partial charge on any atom is 0.372 e. The highest BCUT2D eigenvalue weighted by atomic mass is 28.3. The van der Waals surface area contributed by atoms with Gasteiger partial charge in [0.05, 0.1) is 14.7 Å². The van der Waals surface area contributed by atoms with Gasteiger partial charge in [0.1, 0.15) is 6.07 Å². The van der Waals surface area contributed by atoms with E-state index in [9.17, 15) is 4.79 Å². The van der Waals surface area contributed by atoms with E-state index in [1.807, 2.05) is 6.07 Å². The van der Waals surface area contributed by atoms with Crippen LogP contribution in [-0.4, -0.2) is 41.9 Å². The number of carboxylic acids is 1. The van der Waals surface area contributed by atoms with Crippen LogP contribution in [0.15, 0.2) is 6.20 Å². The highest BCUT2D eigenvalue weighted by molar-refractivity contribution is 6.79. The number of carboxylic acid groups (broad SMARTS) is 1. The van der Waals surface area contributed by atoms with E-state index < -0.39 is 14.0 Å². The molecule has 0 aliphatic carbocycles. The van der Waals surface area contributed by atoms with Crippen LogP contribution in [0.5, 0.6) is 0 Å². The number of hydrogen-bond acceptors (Lipinski definition) is 4. The molecule has 1 aromatic heterocycles. The Hall–Kier alpha value is -1.65. The van der Waals surface area contributed by atoms with Gasteiger partial charge in [-0.15, -0.1) is 0 Å². The maximum absolute atomic E-state index is 11.1. The fourth-order valence-corrected chi connectivity index (χ4v) is 5.78. The molecule has 122 valence electrons. The third kappa shape index (κ3) is 4.68. The van der Waals surface area contributed by atoms with Crippen LogP contribution in [0.4, 0.5) is 0 Å². The van der Waals surface area contributed by atoms with Gasteiger partial charge >= 0.3 is 5.97 Å². The lowest BCUT2D eigenvalue weighted by molar-refractivity contribution is 0.0673. The molecule has 0 spiro atoms. The zero-order chi connectivity index (χ0) is 16.6. The molecule has 0 unspecified atom stereocenters. The fourth-order valence-electron chi connectivity index (χ4n) is 2.64. The third-order valence-electron chi connectivity index (χ3n) is 4.59. The van der Waals surface area contributed by atoms with E-state index in [2.05, 4.69) is 25.8 Å². The molecule has 0 fully saturated rings. The number of imidazole rings is 1. The van der Waals surface area contributed by atoms with Crippen molar-refractivity contribution in [3.63, 3.8) is 0 Å². The summed E-state index contributed by atoms with van der Waals surface area (Å²) in [6.07, 6.45) is 1.45. The Labute approximate surface area is 132 Å². The summed E-state index contributed by atoms with van der Waals surface area (Å²) in [5.74, 6) is -1.24. The lowest BCUT2D eigenvalue weighted by Gasteiger charge is -2.27. The van der Waals surface area contributed by atoms with Crippen molar-refractivity contribution in [1.82, 2.24) is 9.55 Å². The predicted molar refractivity (Wildman–Crippen MR) is 86.7 cm³/mol. The number of carbonyl (C=O) groups is 1. The van der Waals surface area contributed by atoms with Gasteiger partial charge in [-0.1, -0.05) is 38.9 Å². The summed E-state index contributed by atoms with van der Waals surface area (Å²) in [6, 6.07) is 6.84. The average molecular weight is 323 g/mol. The van der Waals surface area contributed by atoms with Crippen LogP contribution < -0.4 is 0 Å². The summed E-state index contributed by atoms with van der Waals surface area (Å²) < 4.78 is 7.15. The Morgan fingerprint density at radius 2 is 2.00 bits per heavy atom. The molecule has 6 nitrogen and oxygen atoms in total. The average Bonchev–Trinajstić information content (AvgIpc) is 2.95. The van der Waals surface area contributed by atoms with Crippen molar-refractivity contribution in [1.29, 1.82) is 5.26 Å². The molecule has 0 bridgehead atoms. The smallest absolute Gasteiger partial charge is 0.372 e. The molecule has 0 aliphatic rings. The Bertz CT molecular complexity index is 524. The second-order valence-electron chi connectivity index (χ2n) is 5.48. The molecule has 0 aromatic carbocycles. The van der Waals surface area contributed by atoms with Crippen LogP contribution in [0.1, 0.15) is 37.1 Å². The predicted octanol–water partition coefficient (Wildman–Crippen LogP) is 2.98. The molecule has 0 radical (unpaired) electrons. The highest BCUT2D eigenvalue weighted by Gasteiger charge is 2.25. The number of rotatable bonds is 10. The first-order valence-corrected chi connectivity index (χ1v) is 10.6. The minimum atomic E-state index is -1.16. The van der Waals surface area contributed by atoms with Gasteiger partial charge in [-0.2, -0.15) is 5.26 Å². The van der Waals surface area contributed by atoms with Crippen molar-refractivity contribution in [2.45, 2.75) is 51.5 Å². The normalized spacial score (nSPS) is 11.4. The molecule has 1 aromatic rings. The molecule has 1 heterocycles. The largest absolute Gasteiger partial charge is 0.475 e. The summed E-state index contributed by atoms with van der Waals surface area (Å²) >= 11 is 0. The van der Waals surface area contributed by atoms with Crippen LogP contribution in [0, 0.1) is 11.3 Å². The lowest BCUT2D eigenvalue weighted by Crippen LogP contribution is -2.32. The number of nitriles is 1. The van der Waals surface area contributed by atoms with Gasteiger partial charge in [0.25, 0.3) is 0 Å². The molecular weight excluding hydrogens is 298 g/mol. The number of ether oxygens (including phenoxy) is 1. The molecule has 7 heteroatoms. The van der Waals surface area contributed by atoms with Gasteiger partial charge in [-0.25, -0.2) is 9.78 Å². The Balaban J connectivity index is 2.47. The zero-order valence-electron chi connectivity index (χ0n) is 13.6. The van der Waals surface area contributed by atoms with Crippen molar-refractivity contribution >= 4 is 14.0 Å². The lowest BCUT2D eigenvalue weighted by atomic mass is 10.5. The van der Waals surface area contributed by atoms with Gasteiger partial charge in [-0.3, -0.25) is 0 Å². The molecule has 0 atom stereocenters. The second-order valence-corrected chi connectivity index (χ2v) is 11.1. The first-order chi connectivity index (χ1) is 10.5. The fraction of sp³-hybridized carbons (Fsp3) is 0.667. The summed E-state index contributed by atoms with van der Waals surface area (Å²) in [6.45, 7) is 8.37. The minimum absolute atomic E-state index is 0.112. The van der Waals surface area contributed by atoms with Gasteiger partial charge < -0.3 is 14.4 Å². The molecule has 1 rings (SSSR count). The quantitative estimate of drug-likeness (QED) is 0.528. The van der Waals surface area contributed by atoms with E-state index in [0.717, 1.165) is 12.7 Å². The van der Waals surface area contributed by atoms with Crippen molar-refractivity contribution in [3.8, 4) is 6.07 Å². The summed E-state index contributed by atoms with van der Waals surface area (Å²) in [5.41, 5.74) is 0.117. The van der Waals surface area contributed by atoms with Crippen LogP contribution in [0.25, 0.3) is 0 Å². The molecular formula is C15H25N3O3Si. The second kappa shape index (κ2) is 8.71. The van der Waals surface area contributed by atoms with E-state index in [-0.39, 0.29) is 11.5 Å². The summed E-state index contributed by atoms with van der Waals surface area (Å²) in [7, 11) is -1.16. The van der Waals surface area contributed by atoms with E-state index >= 15 is 0 Å². The number of hydrogen-bond donors (Lipinski definition) is 1. The van der Waals surface area contributed by atoms with Crippen molar-refractivity contribution < 1.29 is 14.6 Å². The van der Waals surface area contributed by atoms with E-state index in [0.29, 0.717) is 13.2 Å². The number of aromatic nitrogens is 2. The van der Waals surface area contributed by atoms with Gasteiger partial charge in [-0.05, 0) is 6.04 Å². The summed E-state index contributed by atoms with van der Waals surface area (Å²) in [5, 5.41) is 17.8. The van der Waals surface area contributed by atoms with Crippen LogP contribution >= 0.6 is 0 Å². The van der Waals surface area contributed by atoms with Crippen molar-refractivity contribution in [3.05, 3.63) is 17.7 Å². The van der Waals surface area contributed by atoms with E-state index in [1.165, 1.54) is 28.9 Å². The minimum Gasteiger partial charge on any atom is -0.475 e. The molecule has 0 aliphatic heterocycles. The number of nitrogens with zero attached hydrogens (tertiary/aromatic N) is 3. The zero-order valence-corrected chi connectivity index (χ0v) is 14.6. The summed E-state index contributed by atoms with van der Waals surface area (Å²) in [4.78, 5) is 14.8. The van der Waals surface area contributed by atoms with Gasteiger partial charge in [0.2, 0.25) is 5.82 Å². The molecule has 0 saturated carbocycles. The van der Waals surface area contributed by atoms with Crippen molar-refractivity contribution in [2.24, 2.45) is 0 Å². The van der Waals surface area contributed by atoms with Gasteiger partial charge in [0, 0.05) is 19.3 Å². The maximum atomic E-state index is 11.1. The molecule has 0 amide bonds. The molecule has 1 N–H and O–H groups in total. The first kappa shape index (κ1) is 18.4. The van der Waals surface area contributed by atoms with Crippen LogP contribution in [-0.2, 0) is 11.3 Å². The van der Waals surface area contributed by atoms with Gasteiger partial charge in [0.15, 0.2) is 5.69 Å². The Morgan fingerprint density at radius 1 is 1.36 bits per heavy atom. The van der Waals surface area contributed by atoms with E-state index in [4.69, 9.17) is 15.1 Å². The third-order valence-corrected chi connectivity index (χ3v) is 10.4. The monoisotopic (exact) mass is 323 g/mol. The van der Waals surface area contributed by atoms with Crippen LogP contribution in [0.3, 0.4) is 0 Å². The number of aromatic carboxylic acids is 1. The van der Waals surface area contributed by atoms with Crippen LogP contribution in [0.2, 0.25) is 24.2 Å². The topological polar surface area (TPSA) is 88.1 Å². The standard InChI is InChI=1S/C15H25N3O3Si/c1-4-22(5-2,6-3)10-9-21-8-7-18-12-13(11-16)17-14(18)15(19)20/h12H,4-10H2,1-3H3,(H,19,20). The van der Waals surface area contributed by atoms with E-state index in [1.54, 1.807) is 0 Å². The molecule has 22 heavy (non-hydrogen) atoms. The Morgan fingerprint density at radius 3 is 2.50 bits per heavy atom. The van der Waals surface area contributed by atoms with Crippen molar-refractivity contribution in [2.75, 3.05) is 13.2 Å². The highest BCUT2D eigenvalue weighted by Crippen LogP contribution is 2.24.